The van der Waals surface area contributed by atoms with E-state index in [1.807, 2.05) is 0 Å². The predicted octanol–water partition coefficient (Wildman–Crippen LogP) is 20.3. The molecule has 0 bridgehead atoms. The lowest BCUT2D eigenvalue weighted by atomic mass is 9.87. The summed E-state index contributed by atoms with van der Waals surface area (Å²) >= 11 is 0. The van der Waals surface area contributed by atoms with E-state index >= 15 is 43.5 Å². The Morgan fingerprint density at radius 2 is 0.586 bits per heavy atom. The highest BCUT2D eigenvalue weighted by atomic mass is 32.2. The molecule has 0 fully saturated rings. The molecule has 0 saturated carbocycles. The summed E-state index contributed by atoms with van der Waals surface area (Å²) < 4.78 is 582. The third-order valence-corrected chi connectivity index (χ3v) is 20.8. The number of carbonyl (C=O) groups is 2. The Hall–Kier alpha value is -6.89. The van der Waals surface area contributed by atoms with E-state index in [-0.39, 0.29) is 41.3 Å². The SMILES string of the molecule is CC(C)c1cc(C(C)C)c(S(=O)(=O)N(C/C=C/CN(C(=O)OC(C)(C)C)S(=O)(=O)c2cccc(C(F)(F)C(F)(F)C(F)(F)C(F)(F)C(F)(F)C(F)(F)C(F)(F)C(F)(F)F)c2)C/C=C/CN(C(=O)OC(C)(C)C)S(=O)(=O)c2cccc(C(F)(F)C(F)(F)C(F)(F)C(F)(F)C(F)(F)C(F)(F)C(F)(F)C(F)(F)F)c2)c(C(C)C)c1. The molecule has 0 N–H and O–H groups in total. The first kappa shape index (κ1) is 98.3. The molecule has 3 rings (SSSR count). The minimum Gasteiger partial charge on any atom is -0.443 e. The summed E-state index contributed by atoms with van der Waals surface area (Å²) in [5, 5.41) is 0. The highest BCUT2D eigenvalue weighted by Gasteiger charge is 2.97. The van der Waals surface area contributed by atoms with E-state index in [4.69, 9.17) is 9.47 Å². The zero-order valence-corrected chi connectivity index (χ0v) is 60.6. The van der Waals surface area contributed by atoms with Gasteiger partial charge >= 0.3 is 107 Å². The van der Waals surface area contributed by atoms with Crippen LogP contribution in [0.25, 0.3) is 0 Å². The van der Waals surface area contributed by atoms with Crippen LogP contribution in [0.1, 0.15) is 129 Å². The maximum Gasteiger partial charge on any atom is 0.460 e. The molecule has 0 aliphatic rings. The van der Waals surface area contributed by atoms with E-state index in [2.05, 4.69) is 0 Å². The average molecular weight is 1740 g/mol. The molecule has 2 amide bonds. The molecule has 0 radical (unpaired) electrons. The normalized spacial score (nSPS) is 15.3. The monoisotopic (exact) mass is 1740 g/mol. The Labute approximate surface area is 608 Å². The zero-order valence-electron chi connectivity index (χ0n) is 58.1. The van der Waals surface area contributed by atoms with Crippen LogP contribution in [-0.4, -0.2) is 171 Å². The van der Waals surface area contributed by atoms with Crippen LogP contribution in [0.3, 0.4) is 0 Å². The van der Waals surface area contributed by atoms with Gasteiger partial charge in [-0.05, 0) is 100 Å². The summed E-state index contributed by atoms with van der Waals surface area (Å²) in [5.41, 5.74) is -9.42. The maximum atomic E-state index is 15.7. The molecule has 3 aromatic carbocycles. The molecule has 0 saturated heterocycles. The second-order valence-corrected chi connectivity index (χ2v) is 32.5. The minimum atomic E-state index is -9.07. The number of amides is 2. The van der Waals surface area contributed by atoms with Gasteiger partial charge in [-0.1, -0.05) is 102 Å². The number of alkyl halides is 34. The molecular formula is C61H61F34N3O10S3. The third-order valence-electron chi connectivity index (χ3n) is 15.4. The maximum absolute atomic E-state index is 15.7. The van der Waals surface area contributed by atoms with E-state index in [1.54, 1.807) is 13.8 Å². The van der Waals surface area contributed by atoms with Crippen molar-refractivity contribution in [1.82, 2.24) is 12.9 Å². The molecule has 3 aromatic rings. The molecule has 0 aromatic heterocycles. The highest BCUT2D eigenvalue weighted by Crippen LogP contribution is 2.67. The standard InChI is InChI=1S/C61H61F34N3O10S3/c1-31(2)34-27-39(32(3)4)41(40(28-34)33(5)6)111(105,106)96(23-13-15-25-97(42(99)107-44(7,8)9)109(101,102)37-21-17-19-35(29-37)46(62,63)48(66,67)50(70,71)52(74,75)54(78,79)56(82,83)58(86,87)60(90,91)92)24-14-16-26-98(43(100)108-45(10,11)12)110(103,104)38-22-18-20-36(30-38)47(64,65)49(68,69)51(72,73)53(76,77)55(80,81)57(84,85)59(88,89)61(93,94)95/h13-22,27-33H,23-26H2,1-12H3/b15-13+,16-14+. The van der Waals surface area contributed by atoms with Crippen molar-refractivity contribution in [2.75, 3.05) is 26.2 Å². The van der Waals surface area contributed by atoms with Crippen molar-refractivity contribution < 1.29 is 194 Å². The van der Waals surface area contributed by atoms with Crippen LogP contribution in [0.15, 0.2) is 99.7 Å². The third kappa shape index (κ3) is 17.3. The van der Waals surface area contributed by atoms with Crippen molar-refractivity contribution in [2.45, 2.75) is 222 Å². The van der Waals surface area contributed by atoms with Gasteiger partial charge in [0.1, 0.15) is 11.2 Å². The number of benzene rings is 3. The first-order valence-electron chi connectivity index (χ1n) is 30.4. The summed E-state index contributed by atoms with van der Waals surface area (Å²) in [6.45, 7) is 9.26. The molecule has 636 valence electrons. The quantitative estimate of drug-likeness (QED) is 0.0447. The van der Waals surface area contributed by atoms with Crippen molar-refractivity contribution in [3.05, 3.63) is 113 Å². The fraction of sp³-hybridized carbons (Fsp3) is 0.607. The fourth-order valence-corrected chi connectivity index (χ4v) is 13.7. The summed E-state index contributed by atoms with van der Waals surface area (Å²) in [5.74, 6) is -122. The Kier molecular flexibility index (Phi) is 27.2. The van der Waals surface area contributed by atoms with Crippen molar-refractivity contribution in [2.24, 2.45) is 0 Å². The summed E-state index contributed by atoms with van der Waals surface area (Å²) in [6.07, 6.45) is -18.5. The van der Waals surface area contributed by atoms with Crippen LogP contribution >= 0.6 is 0 Å². The molecule has 0 spiro atoms. The minimum absolute atomic E-state index is 0.00778. The van der Waals surface area contributed by atoms with Crippen molar-refractivity contribution in [3.8, 4) is 0 Å². The first-order chi connectivity index (χ1) is 48.8. The van der Waals surface area contributed by atoms with Crippen molar-refractivity contribution in [1.29, 1.82) is 0 Å². The second kappa shape index (κ2) is 30.7. The number of rotatable bonds is 31. The Morgan fingerprint density at radius 3 is 0.820 bits per heavy atom. The Morgan fingerprint density at radius 1 is 0.342 bits per heavy atom. The van der Waals surface area contributed by atoms with Gasteiger partial charge in [-0.2, -0.15) is 162 Å². The number of hydrogen-bond acceptors (Lipinski definition) is 10. The van der Waals surface area contributed by atoms with Gasteiger partial charge in [-0.15, -0.1) is 0 Å². The molecule has 50 heteroatoms. The molecule has 111 heavy (non-hydrogen) atoms. The van der Waals surface area contributed by atoms with E-state index in [9.17, 15) is 141 Å². The predicted molar refractivity (Wildman–Crippen MR) is 318 cm³/mol. The summed E-state index contributed by atoms with van der Waals surface area (Å²) in [7, 11) is -17.8. The topological polar surface area (TPSA) is 165 Å². The van der Waals surface area contributed by atoms with Gasteiger partial charge in [-0.3, -0.25) is 0 Å². The lowest BCUT2D eigenvalue weighted by Crippen LogP contribution is -2.74. The molecule has 13 nitrogen and oxygen atoms in total. The van der Waals surface area contributed by atoms with Gasteiger partial charge in [0.25, 0.3) is 20.0 Å². The Bertz CT molecular complexity index is 4050. The number of sulfonamides is 3. The van der Waals surface area contributed by atoms with Crippen LogP contribution in [0.2, 0.25) is 0 Å². The first-order valence-corrected chi connectivity index (χ1v) is 34.8. The van der Waals surface area contributed by atoms with Crippen molar-refractivity contribution >= 4 is 42.3 Å². The van der Waals surface area contributed by atoms with Gasteiger partial charge in [0, 0.05) is 24.2 Å². The Balaban J connectivity index is 2.37. The number of ether oxygens (including phenoxy) is 2. The average Bonchev–Trinajstić information content (AvgIpc) is 0.696. The largest absolute Gasteiger partial charge is 0.460 e. The number of hydrogen-bond donors (Lipinski definition) is 0. The smallest absolute Gasteiger partial charge is 0.443 e. The molecule has 0 heterocycles. The van der Waals surface area contributed by atoms with Crippen LogP contribution in [-0.2, 0) is 51.4 Å². The van der Waals surface area contributed by atoms with E-state index in [1.165, 1.54) is 39.8 Å². The van der Waals surface area contributed by atoms with Crippen LogP contribution in [0.5, 0.6) is 0 Å². The van der Waals surface area contributed by atoms with Gasteiger partial charge in [-0.25, -0.2) is 34.8 Å². The number of halogens is 34. The lowest BCUT2D eigenvalue weighted by molar-refractivity contribution is -0.462. The number of carbonyl (C=O) groups excluding carboxylic acids is 2. The van der Waals surface area contributed by atoms with Crippen LogP contribution in [0, 0.1) is 0 Å². The molecular weight excluding hydrogens is 1680 g/mol. The summed E-state index contributed by atoms with van der Waals surface area (Å²) in [6, 6.07) is -0.648. The lowest BCUT2D eigenvalue weighted by Gasteiger charge is -2.42. The van der Waals surface area contributed by atoms with E-state index in [0.29, 0.717) is 34.2 Å². The van der Waals surface area contributed by atoms with Gasteiger partial charge < -0.3 is 9.47 Å². The highest BCUT2D eigenvalue weighted by molar-refractivity contribution is 7.90. The van der Waals surface area contributed by atoms with Crippen LogP contribution < -0.4 is 0 Å². The van der Waals surface area contributed by atoms with Gasteiger partial charge in [0.05, 0.1) is 27.8 Å². The van der Waals surface area contributed by atoms with Gasteiger partial charge in [0.2, 0.25) is 10.0 Å². The summed E-state index contributed by atoms with van der Waals surface area (Å²) in [4.78, 5) is 22.7. The second-order valence-electron chi connectivity index (χ2n) is 26.9. The number of nitrogens with zero attached hydrogens (tertiary/aromatic N) is 3. The molecule has 0 unspecified atom stereocenters. The fourth-order valence-electron chi connectivity index (χ4n) is 9.13. The van der Waals surface area contributed by atoms with E-state index < -0.39 is 245 Å². The molecule has 0 atom stereocenters. The van der Waals surface area contributed by atoms with E-state index in [0.717, 1.165) is 41.5 Å². The zero-order chi connectivity index (χ0) is 87.9. The van der Waals surface area contributed by atoms with Crippen molar-refractivity contribution in [3.63, 3.8) is 0 Å². The molecule has 0 aliphatic carbocycles. The molecule has 0 aliphatic heterocycles. The van der Waals surface area contributed by atoms with Crippen LogP contribution in [0.4, 0.5) is 159 Å². The van der Waals surface area contributed by atoms with Gasteiger partial charge in [0.15, 0.2) is 0 Å².